The van der Waals surface area contributed by atoms with E-state index >= 15 is 0 Å². The van der Waals surface area contributed by atoms with E-state index in [9.17, 15) is 10.4 Å². The Morgan fingerprint density at radius 3 is 2.75 bits per heavy atom. The number of aryl methyl sites for hydroxylation is 1. The van der Waals surface area contributed by atoms with Crippen molar-refractivity contribution < 1.29 is 9.52 Å². The highest BCUT2D eigenvalue weighted by Crippen LogP contribution is 2.26. The summed E-state index contributed by atoms with van der Waals surface area (Å²) >= 11 is 0. The molecule has 0 spiro atoms. The number of aromatic nitrogens is 2. The number of aliphatic hydroxyl groups is 1. The first-order valence-electron chi connectivity index (χ1n) is 6.01. The molecule has 20 heavy (non-hydrogen) atoms. The van der Waals surface area contributed by atoms with E-state index in [0.29, 0.717) is 5.82 Å². The van der Waals surface area contributed by atoms with Crippen molar-refractivity contribution in [3.8, 4) is 6.07 Å². The van der Waals surface area contributed by atoms with Crippen LogP contribution in [0.15, 0.2) is 47.1 Å². The standard InChI is InChI=1S/C15H11N3O2/c1-18-12-6-3-2-5-11(12)17-15(18)10(9-16)14(19)13-7-4-8-20-13/h2-8,19H,1H3. The van der Waals surface area contributed by atoms with E-state index in [1.54, 1.807) is 23.7 Å². The van der Waals surface area contributed by atoms with Crippen molar-refractivity contribution in [3.63, 3.8) is 0 Å². The second-order valence-corrected chi connectivity index (χ2v) is 4.30. The number of benzene rings is 1. The normalized spacial score (nSPS) is 12.2. The lowest BCUT2D eigenvalue weighted by atomic mass is 10.2. The molecule has 3 rings (SSSR count). The summed E-state index contributed by atoms with van der Waals surface area (Å²) in [5, 5.41) is 19.5. The van der Waals surface area contributed by atoms with E-state index in [-0.39, 0.29) is 17.1 Å². The van der Waals surface area contributed by atoms with Gasteiger partial charge in [0.05, 0.1) is 17.3 Å². The number of para-hydroxylation sites is 2. The third-order valence-corrected chi connectivity index (χ3v) is 3.11. The van der Waals surface area contributed by atoms with Crippen LogP contribution in [0.3, 0.4) is 0 Å². The molecule has 0 fully saturated rings. The Hall–Kier alpha value is -3.00. The second-order valence-electron chi connectivity index (χ2n) is 4.30. The Morgan fingerprint density at radius 2 is 2.10 bits per heavy atom. The lowest BCUT2D eigenvalue weighted by molar-refractivity contribution is 0.460. The number of nitrogens with zero attached hydrogens (tertiary/aromatic N) is 3. The number of hydrogen-bond acceptors (Lipinski definition) is 4. The number of allylic oxidation sites excluding steroid dienone is 1. The van der Waals surface area contributed by atoms with Gasteiger partial charge < -0.3 is 14.1 Å². The van der Waals surface area contributed by atoms with Crippen LogP contribution in [0.5, 0.6) is 0 Å². The molecule has 0 saturated heterocycles. The molecule has 0 atom stereocenters. The van der Waals surface area contributed by atoms with Crippen molar-refractivity contribution in [2.24, 2.45) is 7.05 Å². The van der Waals surface area contributed by atoms with Gasteiger partial charge in [0.15, 0.2) is 17.3 Å². The molecule has 0 unspecified atom stereocenters. The first kappa shape index (κ1) is 12.1. The highest BCUT2D eigenvalue weighted by atomic mass is 16.4. The van der Waals surface area contributed by atoms with Gasteiger partial charge in [0.1, 0.15) is 11.6 Å². The fourth-order valence-electron chi connectivity index (χ4n) is 2.11. The molecule has 1 N–H and O–H groups in total. The molecule has 3 aromatic rings. The van der Waals surface area contributed by atoms with Crippen LogP contribution >= 0.6 is 0 Å². The van der Waals surface area contributed by atoms with Crippen molar-refractivity contribution in [1.29, 1.82) is 5.26 Å². The predicted octanol–water partition coefficient (Wildman–Crippen LogP) is 3.12. The van der Waals surface area contributed by atoms with Crippen molar-refractivity contribution in [2.45, 2.75) is 0 Å². The van der Waals surface area contributed by atoms with Crippen molar-refractivity contribution >= 4 is 22.4 Å². The monoisotopic (exact) mass is 265 g/mol. The van der Waals surface area contributed by atoms with E-state index in [0.717, 1.165) is 11.0 Å². The zero-order valence-electron chi connectivity index (χ0n) is 10.7. The van der Waals surface area contributed by atoms with Crippen molar-refractivity contribution in [1.82, 2.24) is 9.55 Å². The third-order valence-electron chi connectivity index (χ3n) is 3.11. The molecule has 1 aromatic carbocycles. The molecule has 0 aliphatic carbocycles. The molecule has 0 aliphatic heterocycles. The summed E-state index contributed by atoms with van der Waals surface area (Å²) in [6.45, 7) is 0. The van der Waals surface area contributed by atoms with Crippen LogP contribution in [0.4, 0.5) is 0 Å². The molecule has 0 bridgehead atoms. The molecule has 2 aromatic heterocycles. The van der Waals surface area contributed by atoms with Gasteiger partial charge in [-0.2, -0.15) is 5.26 Å². The van der Waals surface area contributed by atoms with Crippen molar-refractivity contribution in [3.05, 3.63) is 54.2 Å². The third kappa shape index (κ3) is 1.75. The Bertz CT molecular complexity index is 836. The molecule has 0 aliphatic rings. The van der Waals surface area contributed by atoms with E-state index in [2.05, 4.69) is 4.98 Å². The van der Waals surface area contributed by atoms with Crippen LogP contribution in [0.25, 0.3) is 22.4 Å². The zero-order chi connectivity index (χ0) is 14.1. The summed E-state index contributed by atoms with van der Waals surface area (Å²) in [5.74, 6) is 0.437. The Kier molecular flexibility index (Phi) is 2.77. The summed E-state index contributed by atoms with van der Waals surface area (Å²) < 4.78 is 6.89. The lowest BCUT2D eigenvalue weighted by Gasteiger charge is -2.02. The summed E-state index contributed by atoms with van der Waals surface area (Å²) in [6.07, 6.45) is 1.44. The predicted molar refractivity (Wildman–Crippen MR) is 74.5 cm³/mol. The van der Waals surface area contributed by atoms with Gasteiger partial charge in [-0.1, -0.05) is 12.1 Å². The van der Waals surface area contributed by atoms with E-state index in [1.807, 2.05) is 30.3 Å². The number of hydrogen-bond donors (Lipinski definition) is 1. The second kappa shape index (κ2) is 4.59. The van der Waals surface area contributed by atoms with Crippen LogP contribution < -0.4 is 0 Å². The van der Waals surface area contributed by atoms with Crippen molar-refractivity contribution in [2.75, 3.05) is 0 Å². The van der Waals surface area contributed by atoms with Crippen LogP contribution in [0.2, 0.25) is 0 Å². The number of rotatable bonds is 2. The smallest absolute Gasteiger partial charge is 0.180 e. The van der Waals surface area contributed by atoms with Crippen LogP contribution in [-0.4, -0.2) is 14.7 Å². The van der Waals surface area contributed by atoms with E-state index < -0.39 is 0 Å². The molecule has 2 heterocycles. The van der Waals surface area contributed by atoms with Gasteiger partial charge in [-0.05, 0) is 24.3 Å². The molecular weight excluding hydrogens is 254 g/mol. The Labute approximate surface area is 115 Å². The molecule has 0 amide bonds. The summed E-state index contributed by atoms with van der Waals surface area (Å²) in [6, 6.07) is 12.8. The number of nitriles is 1. The molecule has 0 radical (unpaired) electrons. The van der Waals surface area contributed by atoms with Gasteiger partial charge in [-0.25, -0.2) is 4.98 Å². The summed E-state index contributed by atoms with van der Waals surface area (Å²) in [5.41, 5.74) is 1.74. The fraction of sp³-hybridized carbons (Fsp3) is 0.0667. The average molecular weight is 265 g/mol. The van der Waals surface area contributed by atoms with E-state index in [1.165, 1.54) is 6.26 Å². The first-order chi connectivity index (χ1) is 9.72. The highest BCUT2D eigenvalue weighted by molar-refractivity contribution is 5.93. The topological polar surface area (TPSA) is 75.0 Å². The van der Waals surface area contributed by atoms with Crippen LogP contribution in [0.1, 0.15) is 11.6 Å². The minimum atomic E-state index is -0.212. The Morgan fingerprint density at radius 1 is 1.30 bits per heavy atom. The molecular formula is C15H11N3O2. The summed E-state index contributed by atoms with van der Waals surface area (Å²) in [4.78, 5) is 4.40. The summed E-state index contributed by atoms with van der Waals surface area (Å²) in [7, 11) is 1.80. The minimum absolute atomic E-state index is 0.0821. The fourth-order valence-corrected chi connectivity index (χ4v) is 2.11. The van der Waals surface area contributed by atoms with Gasteiger partial charge in [0.2, 0.25) is 0 Å². The SMILES string of the molecule is Cn1c(C(C#N)=C(O)c2ccco2)nc2ccccc21. The van der Waals surface area contributed by atoms with Gasteiger partial charge in [0.25, 0.3) is 0 Å². The van der Waals surface area contributed by atoms with Crippen LogP contribution in [0, 0.1) is 11.3 Å². The van der Waals surface area contributed by atoms with Gasteiger partial charge in [-0.15, -0.1) is 0 Å². The zero-order valence-corrected chi connectivity index (χ0v) is 10.7. The number of aliphatic hydroxyl groups excluding tert-OH is 1. The largest absolute Gasteiger partial charge is 0.503 e. The van der Waals surface area contributed by atoms with E-state index in [4.69, 9.17) is 4.42 Å². The minimum Gasteiger partial charge on any atom is -0.503 e. The molecule has 5 heteroatoms. The lowest BCUT2D eigenvalue weighted by Crippen LogP contribution is -1.98. The average Bonchev–Trinajstić information content (AvgIpc) is 3.09. The number of imidazole rings is 1. The highest BCUT2D eigenvalue weighted by Gasteiger charge is 2.18. The van der Waals surface area contributed by atoms with Gasteiger partial charge >= 0.3 is 0 Å². The molecule has 5 nitrogen and oxygen atoms in total. The molecule has 98 valence electrons. The van der Waals surface area contributed by atoms with Gasteiger partial charge in [-0.3, -0.25) is 0 Å². The maximum absolute atomic E-state index is 10.2. The number of fused-ring (bicyclic) bond motifs is 1. The quantitative estimate of drug-likeness (QED) is 0.570. The number of furan rings is 1. The van der Waals surface area contributed by atoms with Crippen LogP contribution in [-0.2, 0) is 7.05 Å². The molecule has 0 saturated carbocycles. The maximum atomic E-state index is 10.2. The Balaban J connectivity index is 2.26. The maximum Gasteiger partial charge on any atom is 0.180 e. The van der Waals surface area contributed by atoms with Gasteiger partial charge in [0, 0.05) is 7.05 Å². The first-order valence-corrected chi connectivity index (χ1v) is 6.01.